The Kier molecular flexibility index (Phi) is 4.33. The molecule has 27 heavy (non-hydrogen) atoms. The van der Waals surface area contributed by atoms with Crippen LogP contribution in [0.3, 0.4) is 0 Å². The number of pyridine rings is 1. The minimum Gasteiger partial charge on any atom is -0.454 e. The fourth-order valence-electron chi connectivity index (χ4n) is 2.80. The molecule has 0 fully saturated rings. The number of carbonyl (C=O) groups excluding carboxylic acids is 1. The second kappa shape index (κ2) is 6.94. The molecule has 9 nitrogen and oxygen atoms in total. The largest absolute Gasteiger partial charge is 0.454 e. The number of ether oxygens (including phenoxy) is 2. The van der Waals surface area contributed by atoms with E-state index in [2.05, 4.69) is 15.4 Å². The van der Waals surface area contributed by atoms with Gasteiger partial charge in [-0.1, -0.05) is 0 Å². The van der Waals surface area contributed by atoms with Crippen molar-refractivity contribution in [2.24, 2.45) is 7.05 Å². The van der Waals surface area contributed by atoms with Gasteiger partial charge in [-0.25, -0.2) is 9.48 Å². The highest BCUT2D eigenvalue weighted by Gasteiger charge is 2.16. The van der Waals surface area contributed by atoms with Crippen LogP contribution in [0.1, 0.15) is 10.4 Å². The van der Waals surface area contributed by atoms with Crippen molar-refractivity contribution in [3.63, 3.8) is 0 Å². The third-order valence-electron chi connectivity index (χ3n) is 4.20. The monoisotopic (exact) mass is 367 g/mol. The van der Waals surface area contributed by atoms with Crippen LogP contribution >= 0.6 is 0 Å². The van der Waals surface area contributed by atoms with Crippen molar-refractivity contribution in [1.82, 2.24) is 24.6 Å². The number of benzene rings is 1. The molecule has 0 spiro atoms. The summed E-state index contributed by atoms with van der Waals surface area (Å²) in [6.45, 7) is 0.669. The summed E-state index contributed by atoms with van der Waals surface area (Å²) in [4.78, 5) is 28.7. The molecule has 3 heterocycles. The predicted molar refractivity (Wildman–Crippen MR) is 95.6 cm³/mol. The van der Waals surface area contributed by atoms with E-state index in [-0.39, 0.29) is 31.5 Å². The molecule has 0 bridgehead atoms. The minimum atomic E-state index is -0.259. The van der Waals surface area contributed by atoms with Gasteiger partial charge in [-0.05, 0) is 30.3 Å². The van der Waals surface area contributed by atoms with E-state index in [0.29, 0.717) is 22.9 Å². The lowest BCUT2D eigenvalue weighted by Crippen LogP contribution is -2.31. The summed E-state index contributed by atoms with van der Waals surface area (Å²) in [6, 6.07) is 8.60. The zero-order chi connectivity index (χ0) is 18.8. The van der Waals surface area contributed by atoms with Crippen LogP contribution in [0, 0.1) is 0 Å². The summed E-state index contributed by atoms with van der Waals surface area (Å²) >= 11 is 0. The molecule has 138 valence electrons. The molecule has 0 radical (unpaired) electrons. The van der Waals surface area contributed by atoms with E-state index in [9.17, 15) is 9.59 Å². The maximum absolute atomic E-state index is 12.3. The maximum Gasteiger partial charge on any atom is 0.345 e. The highest BCUT2D eigenvalue weighted by Crippen LogP contribution is 2.32. The normalized spacial score (nSPS) is 12.2. The second-order valence-electron chi connectivity index (χ2n) is 5.95. The van der Waals surface area contributed by atoms with Gasteiger partial charge in [-0.15, -0.1) is 5.10 Å². The van der Waals surface area contributed by atoms with E-state index in [1.165, 1.54) is 9.25 Å². The lowest BCUT2D eigenvalue weighted by molar-refractivity contribution is 0.0951. The molecule has 1 amide bonds. The van der Waals surface area contributed by atoms with Crippen molar-refractivity contribution in [2.75, 3.05) is 13.3 Å². The van der Waals surface area contributed by atoms with Gasteiger partial charge < -0.3 is 14.8 Å². The molecule has 0 saturated heterocycles. The molecule has 1 aromatic carbocycles. The van der Waals surface area contributed by atoms with Crippen molar-refractivity contribution < 1.29 is 14.3 Å². The Balaban J connectivity index is 1.42. The first-order chi connectivity index (χ1) is 13.1. The van der Waals surface area contributed by atoms with Gasteiger partial charge in [0, 0.05) is 37.1 Å². The molecular formula is C18H17N5O4. The summed E-state index contributed by atoms with van der Waals surface area (Å²) in [5, 5.41) is 7.11. The molecule has 1 aliphatic heterocycles. The van der Waals surface area contributed by atoms with E-state index >= 15 is 0 Å². The number of hydrogen-bond donors (Lipinski definition) is 1. The first kappa shape index (κ1) is 16.8. The van der Waals surface area contributed by atoms with Gasteiger partial charge in [-0.3, -0.25) is 14.3 Å². The third kappa shape index (κ3) is 3.26. The highest BCUT2D eigenvalue weighted by molar-refractivity contribution is 5.94. The summed E-state index contributed by atoms with van der Waals surface area (Å²) in [5.74, 6) is 1.43. The van der Waals surface area contributed by atoms with Gasteiger partial charge in [0.1, 0.15) is 0 Å². The molecule has 9 heteroatoms. The minimum absolute atomic E-state index is 0.155. The number of nitrogens with one attached hydrogen (secondary N) is 1. The molecule has 0 unspecified atom stereocenters. The summed E-state index contributed by atoms with van der Waals surface area (Å²) < 4.78 is 13.3. The van der Waals surface area contributed by atoms with E-state index in [0.717, 1.165) is 5.56 Å². The van der Waals surface area contributed by atoms with Gasteiger partial charge in [0.15, 0.2) is 17.3 Å². The number of rotatable bonds is 5. The van der Waals surface area contributed by atoms with Gasteiger partial charge in [0.25, 0.3) is 5.91 Å². The van der Waals surface area contributed by atoms with Gasteiger partial charge in [-0.2, -0.15) is 0 Å². The lowest BCUT2D eigenvalue weighted by atomic mass is 10.2. The van der Waals surface area contributed by atoms with E-state index < -0.39 is 0 Å². The zero-order valence-corrected chi connectivity index (χ0v) is 14.6. The molecule has 4 rings (SSSR count). The molecule has 2 aromatic heterocycles. The van der Waals surface area contributed by atoms with E-state index in [4.69, 9.17) is 9.47 Å². The van der Waals surface area contributed by atoms with Crippen molar-refractivity contribution >= 4 is 5.91 Å². The number of fused-ring (bicyclic) bond motifs is 1. The van der Waals surface area contributed by atoms with Crippen LogP contribution < -0.4 is 20.5 Å². The molecule has 0 aliphatic carbocycles. The standard InChI is InChI=1S/C18H17N5O4/c1-22-16(13-3-2-6-19-10-13)21-23(18(22)25)8-7-20-17(24)12-4-5-14-15(9-12)27-11-26-14/h2-6,9-10H,7-8,11H2,1H3,(H,20,24). The lowest BCUT2D eigenvalue weighted by Gasteiger charge is -2.05. The number of carbonyl (C=O) groups is 1. The Labute approximate surface area is 154 Å². The maximum atomic E-state index is 12.3. The third-order valence-corrected chi connectivity index (χ3v) is 4.20. The SMILES string of the molecule is Cn1c(-c2cccnc2)nn(CCNC(=O)c2ccc3c(c2)OCO3)c1=O. The van der Waals surface area contributed by atoms with Crippen LogP contribution in [0.15, 0.2) is 47.5 Å². The summed E-state index contributed by atoms with van der Waals surface area (Å²) in [7, 11) is 1.65. The number of amides is 1. The van der Waals surface area contributed by atoms with Crippen LogP contribution in [0.4, 0.5) is 0 Å². The van der Waals surface area contributed by atoms with Crippen LogP contribution in [-0.4, -0.2) is 38.6 Å². The summed E-state index contributed by atoms with van der Waals surface area (Å²) in [5.41, 5.74) is 0.954. The van der Waals surface area contributed by atoms with Crippen molar-refractivity contribution in [1.29, 1.82) is 0 Å². The van der Waals surface area contributed by atoms with Crippen LogP contribution in [0.2, 0.25) is 0 Å². The Morgan fingerprint density at radius 3 is 2.93 bits per heavy atom. The fraction of sp³-hybridized carbons (Fsp3) is 0.222. The van der Waals surface area contributed by atoms with Crippen LogP contribution in [0.5, 0.6) is 11.5 Å². The number of hydrogen-bond acceptors (Lipinski definition) is 6. The quantitative estimate of drug-likeness (QED) is 0.716. The molecule has 1 N–H and O–H groups in total. The topological polar surface area (TPSA) is 100 Å². The Morgan fingerprint density at radius 1 is 1.26 bits per heavy atom. The number of aromatic nitrogens is 4. The second-order valence-corrected chi connectivity index (χ2v) is 5.95. The summed E-state index contributed by atoms with van der Waals surface area (Å²) in [6.07, 6.45) is 3.30. The van der Waals surface area contributed by atoms with Gasteiger partial charge in [0.05, 0.1) is 6.54 Å². The van der Waals surface area contributed by atoms with Crippen LogP contribution in [-0.2, 0) is 13.6 Å². The zero-order valence-electron chi connectivity index (χ0n) is 14.6. The van der Waals surface area contributed by atoms with Crippen molar-refractivity contribution in [3.8, 4) is 22.9 Å². The predicted octanol–water partition coefficient (Wildman–Crippen LogP) is 0.802. The highest BCUT2D eigenvalue weighted by atomic mass is 16.7. The molecule has 0 saturated carbocycles. The van der Waals surface area contributed by atoms with Gasteiger partial charge in [0.2, 0.25) is 6.79 Å². The fourth-order valence-corrected chi connectivity index (χ4v) is 2.80. The smallest absolute Gasteiger partial charge is 0.345 e. The molecule has 1 aliphatic rings. The molecule has 3 aromatic rings. The average molecular weight is 367 g/mol. The van der Waals surface area contributed by atoms with Crippen molar-refractivity contribution in [3.05, 3.63) is 58.8 Å². The van der Waals surface area contributed by atoms with E-state index in [1.54, 1.807) is 43.7 Å². The first-order valence-corrected chi connectivity index (χ1v) is 8.35. The van der Waals surface area contributed by atoms with Gasteiger partial charge >= 0.3 is 5.69 Å². The number of nitrogens with zero attached hydrogens (tertiary/aromatic N) is 4. The van der Waals surface area contributed by atoms with Crippen molar-refractivity contribution in [2.45, 2.75) is 6.54 Å². The Hall–Kier alpha value is -3.62. The Morgan fingerprint density at radius 2 is 2.11 bits per heavy atom. The first-order valence-electron chi connectivity index (χ1n) is 8.35. The van der Waals surface area contributed by atoms with Crippen LogP contribution in [0.25, 0.3) is 11.4 Å². The Bertz CT molecular complexity index is 1040. The molecular weight excluding hydrogens is 350 g/mol. The molecule has 0 atom stereocenters. The van der Waals surface area contributed by atoms with E-state index in [1.807, 2.05) is 6.07 Å². The average Bonchev–Trinajstić information content (AvgIpc) is 3.28.